The molecule has 1 aromatic carbocycles. The zero-order valence-electron chi connectivity index (χ0n) is 13.8. The Morgan fingerprint density at radius 3 is 3.00 bits per heavy atom. The largest absolute Gasteiger partial charge is 0.471 e. The van der Waals surface area contributed by atoms with Gasteiger partial charge in [0, 0.05) is 36.1 Å². The highest BCUT2D eigenvalue weighted by molar-refractivity contribution is 5.91. The van der Waals surface area contributed by atoms with Crippen molar-refractivity contribution in [2.75, 3.05) is 18.5 Å². The average Bonchev–Trinajstić information content (AvgIpc) is 3.32. The molecule has 0 amide bonds. The molecule has 1 atom stereocenters. The van der Waals surface area contributed by atoms with Gasteiger partial charge in [0.25, 0.3) is 0 Å². The summed E-state index contributed by atoms with van der Waals surface area (Å²) in [6.45, 7) is 1.36. The second-order valence-electron chi connectivity index (χ2n) is 6.11. The SMILES string of the molecule is c1cc2cc(Nc3n[nH]c4nccnc34)ccc2c(O[C@@H]2CCOC2)n1. The highest BCUT2D eigenvalue weighted by Crippen LogP contribution is 2.29. The number of aromatic nitrogens is 5. The number of hydrogen-bond acceptors (Lipinski definition) is 7. The van der Waals surface area contributed by atoms with Gasteiger partial charge in [-0.3, -0.25) is 5.10 Å². The summed E-state index contributed by atoms with van der Waals surface area (Å²) < 4.78 is 11.4. The molecule has 3 aromatic heterocycles. The average molecular weight is 348 g/mol. The predicted octanol–water partition coefficient (Wildman–Crippen LogP) is 2.81. The smallest absolute Gasteiger partial charge is 0.221 e. The number of nitrogens with zero attached hydrogens (tertiary/aromatic N) is 4. The summed E-state index contributed by atoms with van der Waals surface area (Å²) in [7, 11) is 0. The Bertz CT molecular complexity index is 1070. The van der Waals surface area contributed by atoms with Crippen molar-refractivity contribution in [1.82, 2.24) is 25.1 Å². The number of nitrogens with one attached hydrogen (secondary N) is 2. The molecule has 1 fully saturated rings. The summed E-state index contributed by atoms with van der Waals surface area (Å²) in [6, 6.07) is 7.96. The van der Waals surface area contributed by atoms with E-state index in [2.05, 4.69) is 30.5 Å². The molecule has 0 bridgehead atoms. The zero-order valence-corrected chi connectivity index (χ0v) is 13.8. The van der Waals surface area contributed by atoms with E-state index in [1.54, 1.807) is 18.6 Å². The van der Waals surface area contributed by atoms with Crippen LogP contribution in [0.15, 0.2) is 42.9 Å². The lowest BCUT2D eigenvalue weighted by Gasteiger charge is -2.13. The Morgan fingerprint density at radius 1 is 1.12 bits per heavy atom. The number of anilines is 2. The van der Waals surface area contributed by atoms with Crippen LogP contribution in [0.5, 0.6) is 5.88 Å². The van der Waals surface area contributed by atoms with Crippen LogP contribution in [0.3, 0.4) is 0 Å². The summed E-state index contributed by atoms with van der Waals surface area (Å²) >= 11 is 0. The molecule has 1 saturated heterocycles. The quantitative estimate of drug-likeness (QED) is 0.585. The van der Waals surface area contributed by atoms with Gasteiger partial charge >= 0.3 is 0 Å². The third-order valence-electron chi connectivity index (χ3n) is 4.35. The second kappa shape index (κ2) is 6.23. The predicted molar refractivity (Wildman–Crippen MR) is 96.6 cm³/mol. The summed E-state index contributed by atoms with van der Waals surface area (Å²) in [6.07, 6.45) is 5.99. The summed E-state index contributed by atoms with van der Waals surface area (Å²) in [4.78, 5) is 12.9. The monoisotopic (exact) mass is 348 g/mol. The fraction of sp³-hybridized carbons (Fsp3) is 0.222. The van der Waals surface area contributed by atoms with Gasteiger partial charge in [0.2, 0.25) is 5.88 Å². The Morgan fingerprint density at radius 2 is 2.08 bits per heavy atom. The van der Waals surface area contributed by atoms with Crippen LogP contribution < -0.4 is 10.1 Å². The van der Waals surface area contributed by atoms with Crippen LogP contribution in [0.2, 0.25) is 0 Å². The third kappa shape index (κ3) is 2.70. The molecule has 0 aliphatic carbocycles. The van der Waals surface area contributed by atoms with E-state index in [1.165, 1.54) is 0 Å². The van der Waals surface area contributed by atoms with Gasteiger partial charge in [-0.1, -0.05) is 0 Å². The van der Waals surface area contributed by atoms with Crippen molar-refractivity contribution in [3.63, 3.8) is 0 Å². The molecule has 8 nitrogen and oxygen atoms in total. The highest BCUT2D eigenvalue weighted by Gasteiger charge is 2.19. The molecule has 1 aliphatic heterocycles. The number of pyridine rings is 1. The molecule has 4 aromatic rings. The van der Waals surface area contributed by atoms with E-state index in [4.69, 9.17) is 9.47 Å². The van der Waals surface area contributed by atoms with Crippen LogP contribution in [0.1, 0.15) is 6.42 Å². The molecule has 4 heterocycles. The van der Waals surface area contributed by atoms with Crippen molar-refractivity contribution >= 4 is 33.4 Å². The first kappa shape index (κ1) is 15.0. The molecular formula is C18H16N6O2. The summed E-state index contributed by atoms with van der Waals surface area (Å²) in [5.41, 5.74) is 2.25. The van der Waals surface area contributed by atoms with Gasteiger partial charge in [0.05, 0.1) is 13.2 Å². The lowest BCUT2D eigenvalue weighted by Crippen LogP contribution is -2.16. The highest BCUT2D eigenvalue weighted by atomic mass is 16.5. The van der Waals surface area contributed by atoms with Crippen molar-refractivity contribution < 1.29 is 9.47 Å². The third-order valence-corrected chi connectivity index (χ3v) is 4.35. The number of hydrogen-bond donors (Lipinski definition) is 2. The molecule has 0 spiro atoms. The van der Waals surface area contributed by atoms with Crippen LogP contribution in [-0.4, -0.2) is 44.5 Å². The number of ether oxygens (including phenoxy) is 2. The van der Waals surface area contributed by atoms with E-state index >= 15 is 0 Å². The standard InChI is InChI=1S/C18H16N6O2/c1-2-14-11(3-5-21-18(14)26-13-4-8-25-10-13)9-12(1)22-17-15-16(23-24-17)20-7-6-19-15/h1-3,5-7,9,13H,4,8,10H2,(H2,20,22,23,24)/t13-/m1/s1. The second-order valence-corrected chi connectivity index (χ2v) is 6.11. The van der Waals surface area contributed by atoms with Gasteiger partial charge in [0.15, 0.2) is 17.0 Å². The van der Waals surface area contributed by atoms with Crippen LogP contribution in [0.25, 0.3) is 21.9 Å². The van der Waals surface area contributed by atoms with Crippen molar-refractivity contribution in [3.8, 4) is 5.88 Å². The topological polar surface area (TPSA) is 97.8 Å². The number of H-pyrrole nitrogens is 1. The molecule has 0 unspecified atom stereocenters. The van der Waals surface area contributed by atoms with Gasteiger partial charge in [0.1, 0.15) is 6.10 Å². The zero-order chi connectivity index (χ0) is 17.3. The first-order chi connectivity index (χ1) is 12.9. The molecular weight excluding hydrogens is 332 g/mol. The van der Waals surface area contributed by atoms with E-state index in [-0.39, 0.29) is 6.10 Å². The number of rotatable bonds is 4. The maximum absolute atomic E-state index is 6.00. The first-order valence-corrected chi connectivity index (χ1v) is 8.42. The van der Waals surface area contributed by atoms with Crippen molar-refractivity contribution in [1.29, 1.82) is 0 Å². The van der Waals surface area contributed by atoms with Gasteiger partial charge in [-0.15, -0.1) is 0 Å². The minimum atomic E-state index is 0.0693. The fourth-order valence-corrected chi connectivity index (χ4v) is 3.06. The fourth-order valence-electron chi connectivity index (χ4n) is 3.06. The Labute approximate surface area is 148 Å². The van der Waals surface area contributed by atoms with Gasteiger partial charge in [-0.2, -0.15) is 5.10 Å². The molecule has 130 valence electrons. The van der Waals surface area contributed by atoms with E-state index < -0.39 is 0 Å². The number of fused-ring (bicyclic) bond motifs is 2. The van der Waals surface area contributed by atoms with E-state index in [0.29, 0.717) is 29.5 Å². The summed E-state index contributed by atoms with van der Waals surface area (Å²) in [5, 5.41) is 12.4. The van der Waals surface area contributed by atoms with Crippen LogP contribution >= 0.6 is 0 Å². The Balaban J connectivity index is 1.46. The molecule has 2 N–H and O–H groups in total. The molecule has 1 aliphatic rings. The maximum atomic E-state index is 6.00. The molecule has 5 rings (SSSR count). The van der Waals surface area contributed by atoms with E-state index in [9.17, 15) is 0 Å². The van der Waals surface area contributed by atoms with Crippen LogP contribution in [-0.2, 0) is 4.74 Å². The molecule has 0 radical (unpaired) electrons. The van der Waals surface area contributed by atoms with Gasteiger partial charge < -0.3 is 14.8 Å². The van der Waals surface area contributed by atoms with Gasteiger partial charge in [-0.25, -0.2) is 15.0 Å². The molecule has 0 saturated carbocycles. The molecule has 26 heavy (non-hydrogen) atoms. The van der Waals surface area contributed by atoms with Crippen molar-refractivity contribution in [2.24, 2.45) is 0 Å². The minimum Gasteiger partial charge on any atom is -0.471 e. The Hall–Kier alpha value is -3.26. The summed E-state index contributed by atoms with van der Waals surface area (Å²) in [5.74, 6) is 1.28. The first-order valence-electron chi connectivity index (χ1n) is 8.42. The van der Waals surface area contributed by atoms with Crippen molar-refractivity contribution in [3.05, 3.63) is 42.9 Å². The van der Waals surface area contributed by atoms with Gasteiger partial charge in [-0.05, 0) is 29.7 Å². The van der Waals surface area contributed by atoms with Crippen LogP contribution in [0.4, 0.5) is 11.5 Å². The lowest BCUT2D eigenvalue weighted by atomic mass is 10.1. The number of benzene rings is 1. The minimum absolute atomic E-state index is 0.0693. The Kier molecular flexibility index (Phi) is 3.60. The normalized spacial score (nSPS) is 17.0. The molecule has 8 heteroatoms. The van der Waals surface area contributed by atoms with E-state index in [0.717, 1.165) is 29.5 Å². The lowest BCUT2D eigenvalue weighted by molar-refractivity contribution is 0.139. The van der Waals surface area contributed by atoms with Crippen molar-refractivity contribution in [2.45, 2.75) is 12.5 Å². The van der Waals surface area contributed by atoms with E-state index in [1.807, 2.05) is 24.3 Å². The van der Waals surface area contributed by atoms with Crippen LogP contribution in [0, 0.1) is 0 Å². The maximum Gasteiger partial charge on any atom is 0.221 e. The number of aromatic amines is 1.